The van der Waals surface area contributed by atoms with Crippen molar-refractivity contribution >= 4 is 0 Å². The van der Waals surface area contributed by atoms with E-state index in [0.29, 0.717) is 0 Å². The molecule has 1 aliphatic carbocycles. The van der Waals surface area contributed by atoms with Gasteiger partial charge in [-0.2, -0.15) is 0 Å². The molecule has 2 N–H and O–H groups in total. The summed E-state index contributed by atoms with van der Waals surface area (Å²) in [6.07, 6.45) is 4.90. The maximum absolute atomic E-state index is 9.74. The van der Waals surface area contributed by atoms with Crippen molar-refractivity contribution in [3.05, 3.63) is 0 Å². The number of ether oxygens (including phenoxy) is 1. The highest BCUT2D eigenvalue weighted by molar-refractivity contribution is 4.92. The number of hydrogen-bond acceptors (Lipinski definition) is 4. The van der Waals surface area contributed by atoms with Gasteiger partial charge in [0.1, 0.15) is 0 Å². The van der Waals surface area contributed by atoms with E-state index in [0.717, 1.165) is 51.5 Å². The molecule has 2 aliphatic rings. The van der Waals surface area contributed by atoms with Gasteiger partial charge in [-0.15, -0.1) is 0 Å². The zero-order chi connectivity index (χ0) is 13.7. The molecule has 4 heteroatoms. The fourth-order valence-corrected chi connectivity index (χ4v) is 3.23. The van der Waals surface area contributed by atoms with Crippen LogP contribution in [0.2, 0.25) is 0 Å². The van der Waals surface area contributed by atoms with E-state index in [1.807, 2.05) is 0 Å². The zero-order valence-corrected chi connectivity index (χ0v) is 12.5. The lowest BCUT2D eigenvalue weighted by molar-refractivity contribution is -0.0325. The summed E-state index contributed by atoms with van der Waals surface area (Å²) < 4.78 is 5.83. The first-order chi connectivity index (χ1) is 9.17. The maximum atomic E-state index is 9.74. The minimum absolute atomic E-state index is 0.0512. The van der Waals surface area contributed by atoms with Gasteiger partial charge in [-0.3, -0.25) is 4.90 Å². The summed E-state index contributed by atoms with van der Waals surface area (Å²) in [5, 5.41) is 13.4. The van der Waals surface area contributed by atoms with Gasteiger partial charge < -0.3 is 15.2 Å². The maximum Gasteiger partial charge on any atom is 0.0826 e. The van der Waals surface area contributed by atoms with Crippen LogP contribution in [-0.2, 0) is 4.74 Å². The van der Waals surface area contributed by atoms with Crippen LogP contribution in [-0.4, -0.2) is 61.0 Å². The van der Waals surface area contributed by atoms with E-state index in [2.05, 4.69) is 24.1 Å². The Morgan fingerprint density at radius 1 is 1.37 bits per heavy atom. The van der Waals surface area contributed by atoms with Crippen molar-refractivity contribution in [1.29, 1.82) is 0 Å². The highest BCUT2D eigenvalue weighted by Gasteiger charge is 2.34. The van der Waals surface area contributed by atoms with Gasteiger partial charge in [0, 0.05) is 25.2 Å². The van der Waals surface area contributed by atoms with Crippen molar-refractivity contribution in [2.24, 2.45) is 5.92 Å². The van der Waals surface area contributed by atoms with Crippen molar-refractivity contribution in [3.8, 4) is 0 Å². The summed E-state index contributed by atoms with van der Waals surface area (Å²) >= 11 is 0. The smallest absolute Gasteiger partial charge is 0.0826 e. The summed E-state index contributed by atoms with van der Waals surface area (Å²) in [6, 6.07) is 0. The van der Waals surface area contributed by atoms with Crippen LogP contribution in [0.3, 0.4) is 0 Å². The van der Waals surface area contributed by atoms with Crippen LogP contribution >= 0.6 is 0 Å². The first kappa shape index (κ1) is 15.2. The van der Waals surface area contributed by atoms with E-state index < -0.39 is 0 Å². The molecule has 1 saturated carbocycles. The molecule has 1 saturated heterocycles. The Morgan fingerprint density at radius 3 is 2.74 bits per heavy atom. The highest BCUT2D eigenvalue weighted by atomic mass is 16.5. The number of rotatable bonds is 5. The van der Waals surface area contributed by atoms with Gasteiger partial charge >= 0.3 is 0 Å². The number of nitrogens with one attached hydrogen (secondary N) is 1. The van der Waals surface area contributed by atoms with Crippen LogP contribution in [0.1, 0.15) is 39.5 Å². The molecule has 0 amide bonds. The van der Waals surface area contributed by atoms with Gasteiger partial charge in [0.15, 0.2) is 0 Å². The van der Waals surface area contributed by atoms with Gasteiger partial charge in [0.05, 0.1) is 19.3 Å². The minimum Gasteiger partial charge on any atom is -0.394 e. The van der Waals surface area contributed by atoms with Crippen LogP contribution in [0.25, 0.3) is 0 Å². The highest BCUT2D eigenvalue weighted by Crippen LogP contribution is 2.31. The molecule has 0 spiro atoms. The molecule has 1 unspecified atom stereocenters. The zero-order valence-electron chi connectivity index (χ0n) is 12.5. The monoisotopic (exact) mass is 270 g/mol. The van der Waals surface area contributed by atoms with E-state index in [-0.39, 0.29) is 18.2 Å². The molecule has 0 aromatic carbocycles. The number of aliphatic hydroxyl groups excluding tert-OH is 1. The first-order valence-corrected chi connectivity index (χ1v) is 7.87. The number of nitrogens with zero attached hydrogens (tertiary/aromatic N) is 1. The molecular formula is C15H30N2O2. The van der Waals surface area contributed by atoms with Gasteiger partial charge in [-0.25, -0.2) is 0 Å². The first-order valence-electron chi connectivity index (χ1n) is 7.87. The van der Waals surface area contributed by atoms with E-state index in [1.165, 1.54) is 12.8 Å². The summed E-state index contributed by atoms with van der Waals surface area (Å²) in [7, 11) is 0. The molecule has 1 aliphatic heterocycles. The molecular weight excluding hydrogens is 240 g/mol. The Kier molecular flexibility index (Phi) is 5.63. The third-order valence-corrected chi connectivity index (χ3v) is 4.91. The Morgan fingerprint density at radius 2 is 2.11 bits per heavy atom. The molecule has 0 bridgehead atoms. The molecule has 2 fully saturated rings. The summed E-state index contributed by atoms with van der Waals surface area (Å²) in [5.41, 5.74) is -0.0512. The average Bonchev–Trinajstić information content (AvgIpc) is 2.47. The summed E-state index contributed by atoms with van der Waals surface area (Å²) in [6.45, 7) is 9.64. The van der Waals surface area contributed by atoms with E-state index in [4.69, 9.17) is 4.74 Å². The fraction of sp³-hybridized carbons (Fsp3) is 1.00. The number of morpholine rings is 1. The Balaban J connectivity index is 1.79. The van der Waals surface area contributed by atoms with Gasteiger partial charge in [-0.1, -0.05) is 13.8 Å². The second-order valence-corrected chi connectivity index (χ2v) is 6.39. The predicted molar refractivity (Wildman–Crippen MR) is 77.3 cm³/mol. The largest absolute Gasteiger partial charge is 0.394 e. The molecule has 2 rings (SSSR count). The van der Waals surface area contributed by atoms with Gasteiger partial charge in [0.2, 0.25) is 0 Å². The van der Waals surface area contributed by atoms with E-state index in [1.54, 1.807) is 0 Å². The van der Waals surface area contributed by atoms with Crippen molar-refractivity contribution in [2.45, 2.75) is 51.2 Å². The van der Waals surface area contributed by atoms with Crippen LogP contribution in [0.4, 0.5) is 0 Å². The third kappa shape index (κ3) is 4.15. The molecule has 4 nitrogen and oxygen atoms in total. The van der Waals surface area contributed by atoms with Crippen LogP contribution < -0.4 is 5.32 Å². The topological polar surface area (TPSA) is 44.7 Å². The van der Waals surface area contributed by atoms with Crippen LogP contribution in [0.15, 0.2) is 0 Å². The van der Waals surface area contributed by atoms with Crippen molar-refractivity contribution in [1.82, 2.24) is 10.2 Å². The molecule has 1 heterocycles. The van der Waals surface area contributed by atoms with E-state index >= 15 is 0 Å². The lowest BCUT2D eigenvalue weighted by Gasteiger charge is -2.41. The quantitative estimate of drug-likeness (QED) is 0.789. The SMILES string of the molecule is CCN1CCOC(CNC2(CO)CCC(C)CC2)C1. The predicted octanol–water partition coefficient (Wildman–Crippen LogP) is 1.24. The molecule has 0 aromatic heterocycles. The fourth-order valence-electron chi connectivity index (χ4n) is 3.23. The van der Waals surface area contributed by atoms with Crippen molar-refractivity contribution in [3.63, 3.8) is 0 Å². The standard InChI is InChI=1S/C15H30N2O2/c1-3-17-8-9-19-14(11-17)10-16-15(12-18)6-4-13(2)5-7-15/h13-14,16,18H,3-12H2,1-2H3. The van der Waals surface area contributed by atoms with Crippen molar-refractivity contribution in [2.75, 3.05) is 39.4 Å². The lowest BCUT2D eigenvalue weighted by Crippen LogP contribution is -2.55. The second kappa shape index (κ2) is 7.02. The van der Waals surface area contributed by atoms with Crippen LogP contribution in [0, 0.1) is 5.92 Å². The number of aliphatic hydroxyl groups is 1. The number of likely N-dealkylation sites (N-methyl/N-ethyl adjacent to an activating group) is 1. The normalized spacial score (nSPS) is 37.4. The second-order valence-electron chi connectivity index (χ2n) is 6.39. The molecule has 1 atom stereocenters. The molecule has 112 valence electrons. The third-order valence-electron chi connectivity index (χ3n) is 4.91. The molecule has 0 radical (unpaired) electrons. The van der Waals surface area contributed by atoms with Crippen molar-refractivity contribution < 1.29 is 9.84 Å². The Bertz CT molecular complexity index is 265. The van der Waals surface area contributed by atoms with Gasteiger partial charge in [0.25, 0.3) is 0 Å². The summed E-state index contributed by atoms with van der Waals surface area (Å²) in [5.74, 6) is 0.808. The summed E-state index contributed by atoms with van der Waals surface area (Å²) in [4.78, 5) is 2.43. The Hall–Kier alpha value is -0.160. The van der Waals surface area contributed by atoms with E-state index in [9.17, 15) is 5.11 Å². The lowest BCUT2D eigenvalue weighted by atomic mass is 9.77. The van der Waals surface area contributed by atoms with Crippen LogP contribution in [0.5, 0.6) is 0 Å². The van der Waals surface area contributed by atoms with Gasteiger partial charge in [-0.05, 0) is 38.1 Å². The average molecular weight is 270 g/mol. The minimum atomic E-state index is -0.0512. The number of hydrogen-bond donors (Lipinski definition) is 2. The molecule has 0 aromatic rings. The Labute approximate surface area is 117 Å². The molecule has 19 heavy (non-hydrogen) atoms.